The van der Waals surface area contributed by atoms with Crippen LogP contribution in [-0.4, -0.2) is 37.0 Å². The molecule has 1 saturated heterocycles. The van der Waals surface area contributed by atoms with Crippen molar-refractivity contribution in [3.63, 3.8) is 0 Å². The van der Waals surface area contributed by atoms with E-state index in [0.29, 0.717) is 18.2 Å². The van der Waals surface area contributed by atoms with Gasteiger partial charge >= 0.3 is 0 Å². The predicted molar refractivity (Wildman–Crippen MR) is 88.8 cm³/mol. The molecular weight excluding hydrogens is 260 g/mol. The Labute approximate surface area is 128 Å². The van der Waals surface area contributed by atoms with E-state index in [9.17, 15) is 4.79 Å². The van der Waals surface area contributed by atoms with Crippen molar-refractivity contribution in [1.82, 2.24) is 4.90 Å². The maximum Gasteiger partial charge on any atom is 0.222 e. The Balaban J connectivity index is 1.91. The number of benzene rings is 1. The molecule has 0 atom stereocenters. The number of nitrogens with zero attached hydrogens (tertiary/aromatic N) is 2. The van der Waals surface area contributed by atoms with E-state index in [-0.39, 0.29) is 0 Å². The van der Waals surface area contributed by atoms with Crippen LogP contribution in [0.1, 0.15) is 37.8 Å². The summed E-state index contributed by atoms with van der Waals surface area (Å²) in [5.41, 5.74) is 4.02. The van der Waals surface area contributed by atoms with Gasteiger partial charge in [-0.15, -0.1) is 0 Å². The van der Waals surface area contributed by atoms with Gasteiger partial charge in [0.05, 0.1) is 0 Å². The second kappa shape index (κ2) is 6.97. The summed E-state index contributed by atoms with van der Waals surface area (Å²) in [7, 11) is 0. The average Bonchev–Trinajstić information content (AvgIpc) is 2.48. The zero-order valence-corrected chi connectivity index (χ0v) is 13.9. The third kappa shape index (κ3) is 3.99. The minimum atomic E-state index is 0.323. The van der Waals surface area contributed by atoms with Gasteiger partial charge in [0.2, 0.25) is 5.91 Å². The Kier molecular flexibility index (Phi) is 5.27. The molecule has 1 heterocycles. The van der Waals surface area contributed by atoms with Crippen LogP contribution in [0.25, 0.3) is 0 Å². The van der Waals surface area contributed by atoms with Gasteiger partial charge in [0.25, 0.3) is 0 Å². The van der Waals surface area contributed by atoms with Gasteiger partial charge in [-0.3, -0.25) is 4.79 Å². The number of carbonyl (C=O) groups is 1. The van der Waals surface area contributed by atoms with Crippen molar-refractivity contribution in [1.29, 1.82) is 0 Å². The summed E-state index contributed by atoms with van der Waals surface area (Å²) in [6.45, 7) is 12.3. The fourth-order valence-corrected chi connectivity index (χ4v) is 2.85. The molecule has 1 aromatic rings. The molecular formula is C18H28N2O. The molecule has 0 aromatic heterocycles. The highest BCUT2D eigenvalue weighted by molar-refractivity contribution is 5.76. The molecule has 0 saturated carbocycles. The number of piperazine rings is 1. The topological polar surface area (TPSA) is 23.6 Å². The molecule has 3 nitrogen and oxygen atoms in total. The number of carbonyl (C=O) groups excluding carboxylic acids is 1. The lowest BCUT2D eigenvalue weighted by atomic mass is 10.1. The Hall–Kier alpha value is -1.51. The van der Waals surface area contributed by atoms with Crippen LogP contribution < -0.4 is 4.90 Å². The Morgan fingerprint density at radius 2 is 1.81 bits per heavy atom. The fourth-order valence-electron chi connectivity index (χ4n) is 2.85. The molecule has 0 N–H and O–H groups in total. The summed E-state index contributed by atoms with van der Waals surface area (Å²) < 4.78 is 0. The highest BCUT2D eigenvalue weighted by atomic mass is 16.2. The normalized spacial score (nSPS) is 15.7. The van der Waals surface area contributed by atoms with Crippen LogP contribution in [-0.2, 0) is 4.79 Å². The van der Waals surface area contributed by atoms with Crippen molar-refractivity contribution in [3.8, 4) is 0 Å². The second-order valence-corrected chi connectivity index (χ2v) is 6.52. The van der Waals surface area contributed by atoms with E-state index in [4.69, 9.17) is 0 Å². The van der Waals surface area contributed by atoms with Crippen LogP contribution in [0.3, 0.4) is 0 Å². The zero-order valence-electron chi connectivity index (χ0n) is 13.9. The van der Waals surface area contributed by atoms with E-state index in [0.717, 1.165) is 32.6 Å². The SMILES string of the molecule is Cc1cccc(N2CCN(C(=O)CCC(C)C)CC2)c1C. The first-order valence-corrected chi connectivity index (χ1v) is 8.08. The summed E-state index contributed by atoms with van der Waals surface area (Å²) in [5, 5.41) is 0. The van der Waals surface area contributed by atoms with Crippen molar-refractivity contribution in [2.75, 3.05) is 31.1 Å². The summed E-state index contributed by atoms with van der Waals surface area (Å²) in [5.74, 6) is 0.925. The molecule has 1 aliphatic heterocycles. The lowest BCUT2D eigenvalue weighted by molar-refractivity contribution is -0.131. The number of amides is 1. The van der Waals surface area contributed by atoms with Gasteiger partial charge in [-0.25, -0.2) is 0 Å². The second-order valence-electron chi connectivity index (χ2n) is 6.52. The molecule has 0 unspecified atom stereocenters. The fraction of sp³-hybridized carbons (Fsp3) is 0.611. The largest absolute Gasteiger partial charge is 0.368 e. The maximum atomic E-state index is 12.2. The number of hydrogen-bond donors (Lipinski definition) is 0. The number of hydrogen-bond acceptors (Lipinski definition) is 2. The monoisotopic (exact) mass is 288 g/mol. The first-order valence-electron chi connectivity index (χ1n) is 8.08. The number of rotatable bonds is 4. The first kappa shape index (κ1) is 15.9. The van der Waals surface area contributed by atoms with Gasteiger partial charge in [-0.1, -0.05) is 26.0 Å². The van der Waals surface area contributed by atoms with E-state index >= 15 is 0 Å². The van der Waals surface area contributed by atoms with Crippen molar-refractivity contribution in [3.05, 3.63) is 29.3 Å². The van der Waals surface area contributed by atoms with Gasteiger partial charge < -0.3 is 9.80 Å². The molecule has 1 aliphatic rings. The van der Waals surface area contributed by atoms with Crippen molar-refractivity contribution in [2.24, 2.45) is 5.92 Å². The molecule has 21 heavy (non-hydrogen) atoms. The van der Waals surface area contributed by atoms with Crippen LogP contribution in [0.5, 0.6) is 0 Å². The predicted octanol–water partition coefficient (Wildman–Crippen LogP) is 3.39. The standard InChI is InChI=1S/C18H28N2O/c1-14(2)8-9-18(21)20-12-10-19(11-13-20)17-7-5-6-15(3)16(17)4/h5-7,14H,8-13H2,1-4H3. The summed E-state index contributed by atoms with van der Waals surface area (Å²) in [6, 6.07) is 6.47. The lowest BCUT2D eigenvalue weighted by Gasteiger charge is -2.37. The van der Waals surface area contributed by atoms with E-state index < -0.39 is 0 Å². The van der Waals surface area contributed by atoms with E-state index in [2.05, 4.69) is 50.8 Å². The van der Waals surface area contributed by atoms with E-state index in [1.807, 2.05) is 4.90 Å². The smallest absolute Gasteiger partial charge is 0.222 e. The molecule has 116 valence electrons. The molecule has 1 fully saturated rings. The maximum absolute atomic E-state index is 12.2. The Bertz CT molecular complexity index is 488. The van der Waals surface area contributed by atoms with Gasteiger partial charge in [0, 0.05) is 38.3 Å². The van der Waals surface area contributed by atoms with Gasteiger partial charge in [0.1, 0.15) is 0 Å². The zero-order chi connectivity index (χ0) is 15.4. The quantitative estimate of drug-likeness (QED) is 0.848. The van der Waals surface area contributed by atoms with E-state index in [1.54, 1.807) is 0 Å². The van der Waals surface area contributed by atoms with Crippen LogP contribution in [0.2, 0.25) is 0 Å². The third-order valence-electron chi connectivity index (χ3n) is 4.48. The molecule has 0 aliphatic carbocycles. The summed E-state index contributed by atoms with van der Waals surface area (Å²) in [6.07, 6.45) is 1.69. The molecule has 0 spiro atoms. The summed E-state index contributed by atoms with van der Waals surface area (Å²) >= 11 is 0. The lowest BCUT2D eigenvalue weighted by Crippen LogP contribution is -2.49. The number of anilines is 1. The van der Waals surface area contributed by atoms with Gasteiger partial charge in [-0.05, 0) is 43.4 Å². The van der Waals surface area contributed by atoms with Gasteiger partial charge in [-0.2, -0.15) is 0 Å². The summed E-state index contributed by atoms with van der Waals surface area (Å²) in [4.78, 5) is 16.6. The van der Waals surface area contributed by atoms with Crippen LogP contribution >= 0.6 is 0 Å². The molecule has 1 amide bonds. The minimum absolute atomic E-state index is 0.323. The minimum Gasteiger partial charge on any atom is -0.368 e. The molecule has 2 rings (SSSR count). The number of aryl methyl sites for hydroxylation is 1. The van der Waals surface area contributed by atoms with Crippen molar-refractivity contribution < 1.29 is 4.79 Å². The third-order valence-corrected chi connectivity index (χ3v) is 4.48. The van der Waals surface area contributed by atoms with Crippen molar-refractivity contribution >= 4 is 11.6 Å². The van der Waals surface area contributed by atoms with Crippen LogP contribution in [0.15, 0.2) is 18.2 Å². The molecule has 1 aromatic carbocycles. The molecule has 3 heteroatoms. The molecule has 0 bridgehead atoms. The van der Waals surface area contributed by atoms with Gasteiger partial charge in [0.15, 0.2) is 0 Å². The first-order chi connectivity index (χ1) is 9.99. The van der Waals surface area contributed by atoms with Crippen molar-refractivity contribution in [2.45, 2.75) is 40.5 Å². The Morgan fingerprint density at radius 1 is 1.14 bits per heavy atom. The molecule has 0 radical (unpaired) electrons. The van der Waals surface area contributed by atoms with Crippen LogP contribution in [0.4, 0.5) is 5.69 Å². The highest BCUT2D eigenvalue weighted by Gasteiger charge is 2.22. The average molecular weight is 288 g/mol. The Morgan fingerprint density at radius 3 is 2.43 bits per heavy atom. The van der Waals surface area contributed by atoms with Crippen LogP contribution in [0, 0.1) is 19.8 Å². The van der Waals surface area contributed by atoms with E-state index in [1.165, 1.54) is 16.8 Å². The highest BCUT2D eigenvalue weighted by Crippen LogP contribution is 2.24.